The highest BCUT2D eigenvalue weighted by molar-refractivity contribution is 7.81. The monoisotopic (exact) mass is 380 g/mol. The van der Waals surface area contributed by atoms with Gasteiger partial charge < -0.3 is 16.5 Å². The minimum atomic E-state index is -0.441. The highest BCUT2D eigenvalue weighted by Gasteiger charge is 2.34. The molecule has 0 saturated carbocycles. The fourth-order valence-electron chi connectivity index (χ4n) is 3.58. The number of hydrogen-bond donors (Lipinski definition) is 4. The van der Waals surface area contributed by atoms with Crippen LogP contribution in [-0.4, -0.2) is 64.8 Å². The summed E-state index contributed by atoms with van der Waals surface area (Å²) < 4.78 is 0. The summed E-state index contributed by atoms with van der Waals surface area (Å²) in [5.41, 5.74) is 8.25. The Kier molecular flexibility index (Phi) is 7.88. The topological polar surface area (TPSA) is 81.3 Å². The Balaban J connectivity index is 0.000000264. The maximum Gasteiger partial charge on any atom is 0.111 e. The second-order valence-corrected chi connectivity index (χ2v) is 8.11. The van der Waals surface area contributed by atoms with E-state index in [1.165, 1.54) is 25.8 Å². The van der Waals surface area contributed by atoms with E-state index >= 15 is 0 Å². The second-order valence-electron chi connectivity index (χ2n) is 7.21. The lowest BCUT2D eigenvalue weighted by Crippen LogP contribution is -2.61. The molecule has 26 heavy (non-hydrogen) atoms. The minimum absolute atomic E-state index is 0. The molecule has 6 nitrogen and oxygen atoms in total. The highest BCUT2D eigenvalue weighted by Crippen LogP contribution is 2.24. The van der Waals surface area contributed by atoms with Crippen LogP contribution in [0.1, 0.15) is 46.7 Å². The summed E-state index contributed by atoms with van der Waals surface area (Å²) in [6.07, 6.45) is 6.51. The van der Waals surface area contributed by atoms with Crippen molar-refractivity contribution in [2.45, 2.75) is 50.6 Å². The number of nitrogens with one attached hydrogen (secondary N) is 2. The summed E-state index contributed by atoms with van der Waals surface area (Å²) in [7, 11) is 1.84. The molecule has 2 unspecified atom stereocenters. The van der Waals surface area contributed by atoms with Gasteiger partial charge in [0.15, 0.2) is 0 Å². The molecule has 3 rings (SSSR count). The van der Waals surface area contributed by atoms with E-state index in [0.717, 1.165) is 37.1 Å². The first-order valence-electron chi connectivity index (χ1n) is 9.57. The summed E-state index contributed by atoms with van der Waals surface area (Å²) in [6, 6.07) is 4.51. The normalized spacial score (nSPS) is 23.2. The zero-order valence-electron chi connectivity index (χ0n) is 16.3. The van der Waals surface area contributed by atoms with Gasteiger partial charge in [0.25, 0.3) is 0 Å². The molecule has 0 radical (unpaired) electrons. The molecule has 0 spiro atoms. The number of piperidine rings is 1. The molecule has 0 aliphatic carbocycles. The highest BCUT2D eigenvalue weighted by atomic mass is 32.1. The van der Waals surface area contributed by atoms with E-state index in [2.05, 4.69) is 32.7 Å². The Hall–Kier alpha value is -1.15. The van der Waals surface area contributed by atoms with Crippen molar-refractivity contribution in [2.75, 3.05) is 38.5 Å². The average Bonchev–Trinajstić information content (AvgIpc) is 2.66. The van der Waals surface area contributed by atoms with Crippen LogP contribution in [-0.2, 0) is 0 Å². The Bertz CT molecular complexity index is 592. The molecule has 3 heterocycles. The van der Waals surface area contributed by atoms with E-state index in [1.807, 2.05) is 33.0 Å². The van der Waals surface area contributed by atoms with Gasteiger partial charge in [0, 0.05) is 40.3 Å². The molecule has 7 heteroatoms. The standard InChI is InChI=1S/C10H21N3S.C9H13N3.H2/c1-10(11,14)13-7-6-12-5-3-2-4-9(12)8-13;1-3-7(10)9-8(11-2)5-4-6-12-9;/h9,14H,2-8,11H2,1H3;4-6,10-11H,3H2,1-2H3;1H. The summed E-state index contributed by atoms with van der Waals surface area (Å²) in [6.45, 7) is 8.54. The second kappa shape index (κ2) is 9.69. The van der Waals surface area contributed by atoms with Gasteiger partial charge >= 0.3 is 0 Å². The molecule has 0 amide bonds. The van der Waals surface area contributed by atoms with E-state index in [4.69, 9.17) is 11.1 Å². The van der Waals surface area contributed by atoms with Crippen LogP contribution in [0.3, 0.4) is 0 Å². The summed E-state index contributed by atoms with van der Waals surface area (Å²) in [5, 5.41) is 10.6. The SMILES string of the molecule is CC(N)(S)N1CCN2CCCCC2C1.CCC(=N)c1ncccc1NC.[HH]. The average molecular weight is 381 g/mol. The lowest BCUT2D eigenvalue weighted by Gasteiger charge is -2.47. The van der Waals surface area contributed by atoms with Gasteiger partial charge in [-0.25, -0.2) is 0 Å². The fourth-order valence-corrected chi connectivity index (χ4v) is 3.76. The maximum absolute atomic E-state index is 7.62. The number of anilines is 1. The number of hydrogen-bond acceptors (Lipinski definition) is 7. The predicted molar refractivity (Wildman–Crippen MR) is 115 cm³/mol. The van der Waals surface area contributed by atoms with Crippen molar-refractivity contribution in [2.24, 2.45) is 5.73 Å². The Morgan fingerprint density at radius 1 is 1.46 bits per heavy atom. The Morgan fingerprint density at radius 3 is 2.88 bits per heavy atom. The summed E-state index contributed by atoms with van der Waals surface area (Å²) in [4.78, 5) is 8.60. The zero-order valence-corrected chi connectivity index (χ0v) is 17.2. The molecule has 0 aromatic carbocycles. The molecular formula is C19H36N6S. The first-order valence-corrected chi connectivity index (χ1v) is 10.0. The first-order chi connectivity index (χ1) is 12.4. The van der Waals surface area contributed by atoms with Crippen LogP contribution in [0.2, 0.25) is 0 Å². The maximum atomic E-state index is 7.62. The van der Waals surface area contributed by atoms with E-state index in [1.54, 1.807) is 6.20 Å². The van der Waals surface area contributed by atoms with E-state index in [9.17, 15) is 0 Å². The third kappa shape index (κ3) is 5.67. The minimum Gasteiger partial charge on any atom is -0.386 e. The van der Waals surface area contributed by atoms with Crippen molar-refractivity contribution in [3.63, 3.8) is 0 Å². The van der Waals surface area contributed by atoms with Gasteiger partial charge in [-0.3, -0.25) is 14.8 Å². The fraction of sp³-hybridized carbons (Fsp3) is 0.684. The molecule has 2 fully saturated rings. The van der Waals surface area contributed by atoms with Gasteiger partial charge in [0.1, 0.15) is 10.7 Å². The molecule has 0 bridgehead atoms. The third-order valence-electron chi connectivity index (χ3n) is 5.19. The van der Waals surface area contributed by atoms with Crippen LogP contribution in [0, 0.1) is 5.41 Å². The Morgan fingerprint density at radius 2 is 2.23 bits per heavy atom. The van der Waals surface area contributed by atoms with Crippen LogP contribution >= 0.6 is 12.6 Å². The molecule has 1 aromatic rings. The van der Waals surface area contributed by atoms with Crippen molar-refractivity contribution in [1.29, 1.82) is 5.41 Å². The molecule has 1 aromatic heterocycles. The first kappa shape index (κ1) is 21.2. The predicted octanol–water partition coefficient (Wildman–Crippen LogP) is 2.87. The largest absolute Gasteiger partial charge is 0.386 e. The molecule has 148 valence electrons. The summed E-state index contributed by atoms with van der Waals surface area (Å²) >= 11 is 4.44. The van der Waals surface area contributed by atoms with Crippen molar-refractivity contribution < 1.29 is 1.43 Å². The molecule has 2 aliphatic rings. The molecule has 2 atom stereocenters. The number of fused-ring (bicyclic) bond motifs is 1. The smallest absolute Gasteiger partial charge is 0.111 e. The van der Waals surface area contributed by atoms with E-state index in [-0.39, 0.29) is 1.43 Å². The van der Waals surface area contributed by atoms with Crippen LogP contribution in [0.4, 0.5) is 5.69 Å². The quantitative estimate of drug-likeness (QED) is 0.367. The molecule has 2 aliphatic heterocycles. The van der Waals surface area contributed by atoms with E-state index in [0.29, 0.717) is 12.1 Å². The van der Waals surface area contributed by atoms with Gasteiger partial charge in [-0.15, -0.1) is 12.6 Å². The Labute approximate surface area is 164 Å². The van der Waals surface area contributed by atoms with Gasteiger partial charge in [-0.2, -0.15) is 0 Å². The van der Waals surface area contributed by atoms with Crippen LogP contribution < -0.4 is 11.1 Å². The van der Waals surface area contributed by atoms with Gasteiger partial charge in [-0.1, -0.05) is 13.3 Å². The van der Waals surface area contributed by atoms with Gasteiger partial charge in [0.2, 0.25) is 0 Å². The van der Waals surface area contributed by atoms with E-state index < -0.39 is 4.99 Å². The van der Waals surface area contributed by atoms with Crippen molar-refractivity contribution in [1.82, 2.24) is 14.8 Å². The van der Waals surface area contributed by atoms with Crippen LogP contribution in [0.25, 0.3) is 0 Å². The molecular weight excluding hydrogens is 344 g/mol. The molecule has 2 saturated heterocycles. The zero-order chi connectivity index (χ0) is 19.2. The number of thiol groups is 1. The number of nitrogens with two attached hydrogens (primary N) is 1. The van der Waals surface area contributed by atoms with Crippen molar-refractivity contribution in [3.05, 3.63) is 24.0 Å². The van der Waals surface area contributed by atoms with Crippen molar-refractivity contribution >= 4 is 24.0 Å². The number of rotatable bonds is 4. The number of nitrogens with zero attached hydrogens (tertiary/aromatic N) is 3. The van der Waals surface area contributed by atoms with Crippen molar-refractivity contribution in [3.8, 4) is 0 Å². The lowest BCUT2D eigenvalue weighted by molar-refractivity contribution is 0.0242. The lowest BCUT2D eigenvalue weighted by atomic mass is 9.99. The van der Waals surface area contributed by atoms with Gasteiger partial charge in [-0.05, 0) is 44.9 Å². The third-order valence-corrected chi connectivity index (χ3v) is 5.48. The summed E-state index contributed by atoms with van der Waals surface area (Å²) in [5.74, 6) is 0. The van der Waals surface area contributed by atoms with Crippen LogP contribution in [0.5, 0.6) is 0 Å². The van der Waals surface area contributed by atoms with Crippen LogP contribution in [0.15, 0.2) is 18.3 Å². The van der Waals surface area contributed by atoms with Gasteiger partial charge in [0.05, 0.1) is 11.4 Å². The number of aromatic nitrogens is 1. The molecule has 4 N–H and O–H groups in total. The number of piperazine rings is 1. The number of pyridine rings is 1.